The second kappa shape index (κ2) is 11.8. The van der Waals surface area contributed by atoms with Crippen molar-refractivity contribution in [1.82, 2.24) is 0 Å². The summed E-state index contributed by atoms with van der Waals surface area (Å²) in [5.41, 5.74) is 8.68. The average Bonchev–Trinajstić information content (AvgIpc) is 3.12. The Labute approximate surface area is 178 Å². The standard InChI is InChI=1S/C29H38/c1-3-5-7-9-11-13-17-24-21-22-28-27-20-16-15-18-25(27)23-29(28)26(24)19-14-12-10-8-6-4-2/h13-22H,3-12,23H2,1-2H3/b17-13+,19-14+. The lowest BCUT2D eigenvalue weighted by Gasteiger charge is -2.10. The predicted molar refractivity (Wildman–Crippen MR) is 130 cm³/mol. The van der Waals surface area contributed by atoms with Crippen molar-refractivity contribution in [3.05, 3.63) is 70.8 Å². The second-order valence-corrected chi connectivity index (χ2v) is 8.43. The Kier molecular flexibility index (Phi) is 8.81. The minimum absolute atomic E-state index is 1.07. The van der Waals surface area contributed by atoms with Crippen LogP contribution in [0.1, 0.15) is 100 Å². The van der Waals surface area contributed by atoms with Gasteiger partial charge in [0, 0.05) is 0 Å². The van der Waals surface area contributed by atoms with Crippen molar-refractivity contribution < 1.29 is 0 Å². The van der Waals surface area contributed by atoms with Crippen LogP contribution in [0.5, 0.6) is 0 Å². The molecule has 0 amide bonds. The van der Waals surface area contributed by atoms with Crippen LogP contribution in [0, 0.1) is 0 Å². The van der Waals surface area contributed by atoms with Gasteiger partial charge < -0.3 is 0 Å². The van der Waals surface area contributed by atoms with Crippen molar-refractivity contribution in [1.29, 1.82) is 0 Å². The molecule has 0 heterocycles. The van der Waals surface area contributed by atoms with E-state index in [1.165, 1.54) is 97.6 Å². The average molecular weight is 387 g/mol. The summed E-state index contributed by atoms with van der Waals surface area (Å²) in [5.74, 6) is 0. The summed E-state index contributed by atoms with van der Waals surface area (Å²) < 4.78 is 0. The molecule has 0 unspecified atom stereocenters. The number of benzene rings is 2. The van der Waals surface area contributed by atoms with Crippen LogP contribution < -0.4 is 0 Å². The molecule has 29 heavy (non-hydrogen) atoms. The summed E-state index contributed by atoms with van der Waals surface area (Å²) in [6.07, 6.45) is 23.7. The van der Waals surface area contributed by atoms with Crippen LogP contribution in [0.3, 0.4) is 0 Å². The maximum atomic E-state index is 2.41. The zero-order chi connectivity index (χ0) is 20.3. The van der Waals surface area contributed by atoms with Crippen LogP contribution in [0.4, 0.5) is 0 Å². The summed E-state index contributed by atoms with van der Waals surface area (Å²) in [4.78, 5) is 0. The van der Waals surface area contributed by atoms with E-state index in [9.17, 15) is 0 Å². The van der Waals surface area contributed by atoms with Crippen LogP contribution in [-0.2, 0) is 6.42 Å². The van der Waals surface area contributed by atoms with Crippen LogP contribution in [0.2, 0.25) is 0 Å². The monoisotopic (exact) mass is 386 g/mol. The lowest BCUT2D eigenvalue weighted by molar-refractivity contribution is 0.675. The Balaban J connectivity index is 1.77. The van der Waals surface area contributed by atoms with Gasteiger partial charge in [-0.3, -0.25) is 0 Å². The van der Waals surface area contributed by atoms with E-state index in [4.69, 9.17) is 0 Å². The van der Waals surface area contributed by atoms with E-state index in [0.29, 0.717) is 0 Å². The molecule has 1 aliphatic rings. The third-order valence-electron chi connectivity index (χ3n) is 6.10. The zero-order valence-electron chi connectivity index (χ0n) is 18.6. The Hall–Kier alpha value is -2.08. The topological polar surface area (TPSA) is 0 Å². The summed E-state index contributed by atoms with van der Waals surface area (Å²) >= 11 is 0. The zero-order valence-corrected chi connectivity index (χ0v) is 18.6. The molecule has 0 spiro atoms. The summed E-state index contributed by atoms with van der Waals surface area (Å²) in [7, 11) is 0. The van der Waals surface area contributed by atoms with E-state index in [1.807, 2.05) is 0 Å². The highest BCUT2D eigenvalue weighted by molar-refractivity contribution is 5.83. The molecule has 0 fully saturated rings. The molecule has 154 valence electrons. The molecule has 0 nitrogen and oxygen atoms in total. The van der Waals surface area contributed by atoms with Crippen molar-refractivity contribution in [2.75, 3.05) is 0 Å². The number of hydrogen-bond acceptors (Lipinski definition) is 0. The summed E-state index contributed by atoms with van der Waals surface area (Å²) in [6.45, 7) is 4.56. The summed E-state index contributed by atoms with van der Waals surface area (Å²) in [5, 5.41) is 0. The molecular formula is C29H38. The van der Waals surface area contributed by atoms with Gasteiger partial charge in [0.05, 0.1) is 0 Å². The molecular weight excluding hydrogens is 348 g/mol. The van der Waals surface area contributed by atoms with Crippen LogP contribution in [0.25, 0.3) is 23.3 Å². The van der Waals surface area contributed by atoms with E-state index < -0.39 is 0 Å². The van der Waals surface area contributed by atoms with Gasteiger partial charge in [-0.2, -0.15) is 0 Å². The molecule has 2 aromatic carbocycles. The first-order chi connectivity index (χ1) is 14.3. The normalized spacial score (nSPS) is 12.8. The molecule has 0 N–H and O–H groups in total. The fraction of sp³-hybridized carbons (Fsp3) is 0.448. The molecule has 0 aromatic heterocycles. The van der Waals surface area contributed by atoms with Crippen molar-refractivity contribution in [2.45, 2.75) is 84.5 Å². The molecule has 0 atom stereocenters. The first-order valence-electron chi connectivity index (χ1n) is 11.9. The Morgan fingerprint density at radius 1 is 0.690 bits per heavy atom. The number of rotatable bonds is 12. The largest absolute Gasteiger partial charge is 0.0839 e. The molecule has 0 aliphatic heterocycles. The third kappa shape index (κ3) is 5.95. The van der Waals surface area contributed by atoms with E-state index in [-0.39, 0.29) is 0 Å². The van der Waals surface area contributed by atoms with E-state index in [1.54, 1.807) is 0 Å². The maximum absolute atomic E-state index is 2.41. The summed E-state index contributed by atoms with van der Waals surface area (Å²) in [6, 6.07) is 13.6. The molecule has 0 saturated carbocycles. The Morgan fingerprint density at radius 3 is 2.10 bits per heavy atom. The minimum atomic E-state index is 1.07. The highest BCUT2D eigenvalue weighted by atomic mass is 14.2. The van der Waals surface area contributed by atoms with E-state index in [2.05, 4.69) is 74.5 Å². The van der Waals surface area contributed by atoms with Gasteiger partial charge in [-0.05, 0) is 65.5 Å². The van der Waals surface area contributed by atoms with Gasteiger partial charge in [-0.15, -0.1) is 0 Å². The van der Waals surface area contributed by atoms with Crippen molar-refractivity contribution in [3.63, 3.8) is 0 Å². The SMILES string of the molecule is CCCCCC/C=C/c1ccc2c(c1/C=C/CCCCCC)Cc1ccccc1-2. The maximum Gasteiger partial charge on any atom is -0.000729 e. The van der Waals surface area contributed by atoms with Crippen LogP contribution in [-0.4, -0.2) is 0 Å². The third-order valence-corrected chi connectivity index (χ3v) is 6.10. The molecule has 3 rings (SSSR count). The van der Waals surface area contributed by atoms with Gasteiger partial charge in [-0.25, -0.2) is 0 Å². The van der Waals surface area contributed by atoms with Gasteiger partial charge in [-0.1, -0.05) is 113 Å². The molecule has 1 aliphatic carbocycles. The second-order valence-electron chi connectivity index (χ2n) is 8.43. The number of hydrogen-bond donors (Lipinski definition) is 0. The number of allylic oxidation sites excluding steroid dienone is 2. The Morgan fingerprint density at radius 2 is 1.38 bits per heavy atom. The first-order valence-corrected chi connectivity index (χ1v) is 11.9. The van der Waals surface area contributed by atoms with Gasteiger partial charge >= 0.3 is 0 Å². The fourth-order valence-corrected chi connectivity index (χ4v) is 4.38. The molecule has 2 aromatic rings. The molecule has 0 bridgehead atoms. The van der Waals surface area contributed by atoms with Gasteiger partial charge in [0.15, 0.2) is 0 Å². The van der Waals surface area contributed by atoms with Crippen molar-refractivity contribution in [3.8, 4) is 11.1 Å². The van der Waals surface area contributed by atoms with Crippen molar-refractivity contribution >= 4 is 12.2 Å². The van der Waals surface area contributed by atoms with Crippen LogP contribution >= 0.6 is 0 Å². The molecule has 0 radical (unpaired) electrons. The van der Waals surface area contributed by atoms with Crippen molar-refractivity contribution in [2.24, 2.45) is 0 Å². The van der Waals surface area contributed by atoms with E-state index in [0.717, 1.165) is 6.42 Å². The highest BCUT2D eigenvalue weighted by Gasteiger charge is 2.21. The Bertz CT molecular complexity index is 822. The van der Waals surface area contributed by atoms with Crippen LogP contribution in [0.15, 0.2) is 48.6 Å². The number of fused-ring (bicyclic) bond motifs is 3. The highest BCUT2D eigenvalue weighted by Crippen LogP contribution is 2.40. The lowest BCUT2D eigenvalue weighted by atomic mass is 9.94. The van der Waals surface area contributed by atoms with E-state index >= 15 is 0 Å². The van der Waals surface area contributed by atoms with Gasteiger partial charge in [0.2, 0.25) is 0 Å². The lowest BCUT2D eigenvalue weighted by Crippen LogP contribution is -1.91. The van der Waals surface area contributed by atoms with Gasteiger partial charge in [0.1, 0.15) is 0 Å². The first kappa shape index (κ1) is 21.6. The smallest absolute Gasteiger partial charge is 0.000729 e. The molecule has 0 saturated heterocycles. The number of unbranched alkanes of at least 4 members (excludes halogenated alkanes) is 8. The minimum Gasteiger partial charge on any atom is -0.0839 e. The quantitative estimate of drug-likeness (QED) is 0.272. The molecule has 0 heteroatoms. The predicted octanol–water partition coefficient (Wildman–Crippen LogP) is 9.22. The van der Waals surface area contributed by atoms with Gasteiger partial charge in [0.25, 0.3) is 0 Å². The fourth-order valence-electron chi connectivity index (χ4n) is 4.38.